The smallest absolute Gasteiger partial charge is 0.292 e. The highest BCUT2D eigenvalue weighted by Gasteiger charge is 2.08. The molecule has 0 spiro atoms. The second-order valence-electron chi connectivity index (χ2n) is 3.76. The van der Waals surface area contributed by atoms with E-state index in [1.54, 1.807) is 0 Å². The quantitative estimate of drug-likeness (QED) is 0.653. The molecule has 1 heterocycles. The van der Waals surface area contributed by atoms with Crippen molar-refractivity contribution in [3.8, 4) is 0 Å². The molecule has 16 heavy (non-hydrogen) atoms. The molecule has 1 aromatic heterocycles. The maximum Gasteiger partial charge on any atom is 0.292 e. The van der Waals surface area contributed by atoms with Crippen LogP contribution in [0.5, 0.6) is 0 Å². The van der Waals surface area contributed by atoms with Crippen molar-refractivity contribution in [3.05, 3.63) is 5.82 Å². The standard InChI is InChI=1S/C10H19N5O/c1-2-3-4-5-6-7-8-11-10(16)9-12-14-15-13-9/h2-8H2,1H3,(H,11,16)(H,12,13,14,15). The Bertz CT molecular complexity index is 285. The van der Waals surface area contributed by atoms with Crippen molar-refractivity contribution >= 4 is 5.91 Å². The molecule has 6 nitrogen and oxygen atoms in total. The minimum absolute atomic E-state index is 0.103. The number of unbranched alkanes of at least 4 members (excludes halogenated alkanes) is 5. The normalized spacial score (nSPS) is 10.3. The van der Waals surface area contributed by atoms with E-state index in [9.17, 15) is 4.79 Å². The van der Waals surface area contributed by atoms with E-state index in [2.05, 4.69) is 32.9 Å². The molecule has 90 valence electrons. The molecule has 0 aliphatic heterocycles. The Labute approximate surface area is 95.2 Å². The third-order valence-electron chi connectivity index (χ3n) is 2.36. The van der Waals surface area contributed by atoms with Crippen LogP contribution in [0, 0.1) is 0 Å². The number of nitrogens with one attached hydrogen (secondary N) is 2. The molecular weight excluding hydrogens is 206 g/mol. The number of amides is 1. The highest BCUT2D eigenvalue weighted by atomic mass is 16.2. The number of carbonyl (C=O) groups is 1. The summed E-state index contributed by atoms with van der Waals surface area (Å²) in [7, 11) is 0. The number of aromatic amines is 1. The predicted octanol–water partition coefficient (Wildman–Crippen LogP) is 1.29. The zero-order valence-corrected chi connectivity index (χ0v) is 9.70. The topological polar surface area (TPSA) is 83.6 Å². The van der Waals surface area contributed by atoms with Crippen molar-refractivity contribution in [1.29, 1.82) is 0 Å². The van der Waals surface area contributed by atoms with Gasteiger partial charge in [-0.2, -0.15) is 5.21 Å². The minimum Gasteiger partial charge on any atom is -0.349 e. The van der Waals surface area contributed by atoms with E-state index in [0.29, 0.717) is 6.54 Å². The average Bonchev–Trinajstić information content (AvgIpc) is 2.81. The maximum absolute atomic E-state index is 11.3. The van der Waals surface area contributed by atoms with Crippen molar-refractivity contribution in [1.82, 2.24) is 25.9 Å². The first-order valence-corrected chi connectivity index (χ1v) is 5.86. The summed E-state index contributed by atoms with van der Waals surface area (Å²) in [5.41, 5.74) is 0. The van der Waals surface area contributed by atoms with Crippen LogP contribution in [0.3, 0.4) is 0 Å². The highest BCUT2D eigenvalue weighted by molar-refractivity contribution is 5.89. The van der Waals surface area contributed by atoms with Gasteiger partial charge in [0.05, 0.1) is 0 Å². The van der Waals surface area contributed by atoms with Crippen molar-refractivity contribution in [2.75, 3.05) is 6.54 Å². The van der Waals surface area contributed by atoms with Gasteiger partial charge in [-0.05, 0) is 11.6 Å². The van der Waals surface area contributed by atoms with Crippen molar-refractivity contribution < 1.29 is 4.79 Å². The molecule has 0 saturated heterocycles. The maximum atomic E-state index is 11.3. The molecule has 1 aromatic rings. The van der Waals surface area contributed by atoms with Gasteiger partial charge in [0.15, 0.2) is 0 Å². The van der Waals surface area contributed by atoms with Crippen LogP contribution in [-0.2, 0) is 0 Å². The second-order valence-corrected chi connectivity index (χ2v) is 3.76. The largest absolute Gasteiger partial charge is 0.349 e. The summed E-state index contributed by atoms with van der Waals surface area (Å²) in [6.45, 7) is 2.88. The molecule has 0 aliphatic rings. The predicted molar refractivity (Wildman–Crippen MR) is 59.9 cm³/mol. The fraction of sp³-hybridized carbons (Fsp3) is 0.800. The number of nitrogens with zero attached hydrogens (tertiary/aromatic N) is 3. The fourth-order valence-corrected chi connectivity index (χ4v) is 1.44. The molecule has 0 aromatic carbocycles. The van der Waals surface area contributed by atoms with Gasteiger partial charge in [0, 0.05) is 6.54 Å². The van der Waals surface area contributed by atoms with Gasteiger partial charge in [-0.3, -0.25) is 4.79 Å². The molecule has 0 radical (unpaired) electrons. The van der Waals surface area contributed by atoms with E-state index in [0.717, 1.165) is 12.8 Å². The summed E-state index contributed by atoms with van der Waals surface area (Å²) in [4.78, 5) is 11.3. The Kier molecular flexibility index (Phi) is 6.13. The van der Waals surface area contributed by atoms with E-state index < -0.39 is 0 Å². The second kappa shape index (κ2) is 7.78. The SMILES string of the molecule is CCCCCCCCNC(=O)c1nn[nH]n1. The number of hydrogen-bond donors (Lipinski definition) is 2. The van der Waals surface area contributed by atoms with Crippen LogP contribution in [0.2, 0.25) is 0 Å². The molecule has 0 atom stereocenters. The first-order valence-electron chi connectivity index (χ1n) is 5.86. The number of tetrazole rings is 1. The first kappa shape index (κ1) is 12.6. The van der Waals surface area contributed by atoms with E-state index >= 15 is 0 Å². The fourth-order valence-electron chi connectivity index (χ4n) is 1.44. The third kappa shape index (κ3) is 4.86. The van der Waals surface area contributed by atoms with Gasteiger partial charge < -0.3 is 5.32 Å². The lowest BCUT2D eigenvalue weighted by atomic mass is 10.1. The van der Waals surface area contributed by atoms with Crippen LogP contribution >= 0.6 is 0 Å². The van der Waals surface area contributed by atoms with Gasteiger partial charge in [0.25, 0.3) is 11.7 Å². The van der Waals surface area contributed by atoms with Crippen LogP contribution in [0.25, 0.3) is 0 Å². The van der Waals surface area contributed by atoms with Crippen LogP contribution in [0.1, 0.15) is 56.1 Å². The summed E-state index contributed by atoms with van der Waals surface area (Å²) in [6, 6.07) is 0. The molecule has 0 saturated carbocycles. The van der Waals surface area contributed by atoms with Crippen LogP contribution in [0.4, 0.5) is 0 Å². The van der Waals surface area contributed by atoms with Crippen molar-refractivity contribution in [3.63, 3.8) is 0 Å². The van der Waals surface area contributed by atoms with Crippen LogP contribution in [0.15, 0.2) is 0 Å². The molecule has 0 bridgehead atoms. The zero-order chi connectivity index (χ0) is 11.6. The zero-order valence-electron chi connectivity index (χ0n) is 9.70. The van der Waals surface area contributed by atoms with Gasteiger partial charge in [-0.25, -0.2) is 0 Å². The molecule has 0 fully saturated rings. The van der Waals surface area contributed by atoms with Gasteiger partial charge >= 0.3 is 0 Å². The Balaban J connectivity index is 1.97. The molecule has 0 aliphatic carbocycles. The molecular formula is C10H19N5O. The number of aromatic nitrogens is 4. The van der Waals surface area contributed by atoms with Crippen molar-refractivity contribution in [2.45, 2.75) is 45.4 Å². The molecule has 6 heteroatoms. The minimum atomic E-state index is -0.262. The van der Waals surface area contributed by atoms with E-state index in [1.165, 1.54) is 25.7 Å². The van der Waals surface area contributed by atoms with Crippen molar-refractivity contribution in [2.24, 2.45) is 0 Å². The monoisotopic (exact) mass is 225 g/mol. The van der Waals surface area contributed by atoms with Gasteiger partial charge in [-0.1, -0.05) is 39.0 Å². The van der Waals surface area contributed by atoms with Gasteiger partial charge in [0.2, 0.25) is 0 Å². The summed E-state index contributed by atoms with van der Waals surface area (Å²) in [5.74, 6) is -0.159. The molecule has 0 unspecified atom stereocenters. The number of carbonyl (C=O) groups excluding carboxylic acids is 1. The Morgan fingerprint density at radius 3 is 2.69 bits per heavy atom. The number of H-pyrrole nitrogens is 1. The molecule has 2 N–H and O–H groups in total. The van der Waals surface area contributed by atoms with E-state index in [4.69, 9.17) is 0 Å². The lowest BCUT2D eigenvalue weighted by molar-refractivity contribution is 0.0942. The molecule has 1 amide bonds. The summed E-state index contributed by atoms with van der Waals surface area (Å²) in [5, 5.41) is 15.5. The first-order chi connectivity index (χ1) is 7.84. The van der Waals surface area contributed by atoms with Crippen LogP contribution in [-0.4, -0.2) is 33.1 Å². The lowest BCUT2D eigenvalue weighted by Gasteiger charge is -2.02. The Morgan fingerprint density at radius 1 is 1.25 bits per heavy atom. The van der Waals surface area contributed by atoms with E-state index in [-0.39, 0.29) is 11.7 Å². The number of hydrogen-bond acceptors (Lipinski definition) is 4. The summed E-state index contributed by atoms with van der Waals surface area (Å²) < 4.78 is 0. The lowest BCUT2D eigenvalue weighted by Crippen LogP contribution is -2.25. The average molecular weight is 225 g/mol. The third-order valence-corrected chi connectivity index (χ3v) is 2.36. The number of rotatable bonds is 8. The van der Waals surface area contributed by atoms with Crippen LogP contribution < -0.4 is 5.32 Å². The molecule has 1 rings (SSSR count). The van der Waals surface area contributed by atoms with E-state index in [1.807, 2.05) is 0 Å². The Morgan fingerprint density at radius 2 is 2.00 bits per heavy atom. The summed E-state index contributed by atoms with van der Waals surface area (Å²) in [6.07, 6.45) is 7.25. The summed E-state index contributed by atoms with van der Waals surface area (Å²) >= 11 is 0. The van der Waals surface area contributed by atoms with Gasteiger partial charge in [-0.15, -0.1) is 10.2 Å². The van der Waals surface area contributed by atoms with Gasteiger partial charge in [0.1, 0.15) is 0 Å². The Hall–Kier alpha value is -1.46. The highest BCUT2D eigenvalue weighted by Crippen LogP contribution is 2.04.